The minimum absolute atomic E-state index is 0.116. The maximum Gasteiger partial charge on any atom is 0.302 e. The highest BCUT2D eigenvalue weighted by atomic mass is 16.5. The summed E-state index contributed by atoms with van der Waals surface area (Å²) in [5.41, 5.74) is 5.50. The molecule has 13 nitrogen and oxygen atoms in total. The summed E-state index contributed by atoms with van der Waals surface area (Å²) in [6, 6.07) is 8.82. The van der Waals surface area contributed by atoms with Gasteiger partial charge in [-0.15, -0.1) is 0 Å². The number of nitrogens with one attached hydrogen (secondary N) is 1. The molecule has 0 bridgehead atoms. The molecule has 4 aromatic heterocycles. The number of hydrogen-bond donors (Lipinski definition) is 1. The van der Waals surface area contributed by atoms with Crippen LogP contribution >= 0.6 is 0 Å². The smallest absolute Gasteiger partial charge is 0.302 e. The van der Waals surface area contributed by atoms with Crippen LogP contribution < -0.4 is 15.8 Å². The van der Waals surface area contributed by atoms with Crippen LogP contribution in [-0.2, 0) is 47.3 Å². The molecule has 0 saturated carbocycles. The minimum atomic E-state index is -0.469. The van der Waals surface area contributed by atoms with Gasteiger partial charge in [0.15, 0.2) is 0 Å². The number of rotatable bonds is 7. The van der Waals surface area contributed by atoms with E-state index in [0.29, 0.717) is 79.0 Å². The fraction of sp³-hybridized carbons (Fsp3) is 0.389. The van der Waals surface area contributed by atoms with Crippen LogP contribution in [0.3, 0.4) is 0 Å². The third-order valence-corrected chi connectivity index (χ3v) is 9.40. The Balaban J connectivity index is 1.20. The lowest BCUT2D eigenvalue weighted by Gasteiger charge is -2.31. The molecule has 0 aromatic carbocycles. The highest BCUT2D eigenvalue weighted by Crippen LogP contribution is 2.40. The summed E-state index contributed by atoms with van der Waals surface area (Å²) in [5.74, 6) is 0.0463. The average molecular weight is 666 g/mol. The van der Waals surface area contributed by atoms with E-state index < -0.39 is 5.97 Å². The van der Waals surface area contributed by atoms with Crippen molar-refractivity contribution in [3.63, 3.8) is 0 Å². The van der Waals surface area contributed by atoms with Crippen molar-refractivity contribution in [3.05, 3.63) is 87.4 Å². The molecule has 1 aliphatic carbocycles. The number of anilines is 3. The summed E-state index contributed by atoms with van der Waals surface area (Å²) in [6.07, 6.45) is 6.65. The SMILES string of the molecule is CC(=O)OCc1c(-c2cc(Nc3ccc(C(=O)N4CCOCC4)cn3)c(=O)n(C)c2)ccnc1N1CCn2c(cc3c2CC(C)(C)C3)C1=O. The van der Waals surface area contributed by atoms with Gasteiger partial charge in [-0.1, -0.05) is 13.8 Å². The van der Waals surface area contributed by atoms with Gasteiger partial charge in [0.05, 0.1) is 18.8 Å². The Morgan fingerprint density at radius 2 is 1.82 bits per heavy atom. The van der Waals surface area contributed by atoms with Gasteiger partial charge in [-0.2, -0.15) is 0 Å². The van der Waals surface area contributed by atoms with E-state index >= 15 is 0 Å². The first kappa shape index (κ1) is 32.3. The molecule has 49 heavy (non-hydrogen) atoms. The molecule has 4 aromatic rings. The molecule has 7 rings (SSSR count). The quantitative estimate of drug-likeness (QED) is 0.293. The van der Waals surface area contributed by atoms with Gasteiger partial charge in [0.25, 0.3) is 17.4 Å². The molecular weight excluding hydrogens is 626 g/mol. The van der Waals surface area contributed by atoms with Crippen molar-refractivity contribution >= 4 is 35.1 Å². The molecule has 254 valence electrons. The van der Waals surface area contributed by atoms with Gasteiger partial charge in [0.1, 0.15) is 29.6 Å². The number of aryl methyl sites for hydroxylation is 1. The summed E-state index contributed by atoms with van der Waals surface area (Å²) in [4.78, 5) is 64.6. The number of pyridine rings is 3. The first-order valence-corrected chi connectivity index (χ1v) is 16.4. The highest BCUT2D eigenvalue weighted by Gasteiger charge is 2.37. The van der Waals surface area contributed by atoms with Gasteiger partial charge in [0.2, 0.25) is 0 Å². The van der Waals surface area contributed by atoms with E-state index in [1.807, 2.05) is 6.07 Å². The van der Waals surface area contributed by atoms with E-state index in [2.05, 4.69) is 33.7 Å². The zero-order valence-corrected chi connectivity index (χ0v) is 28.1. The number of fused-ring (bicyclic) bond motifs is 3. The number of morpholine rings is 1. The van der Waals surface area contributed by atoms with Crippen molar-refractivity contribution in [2.45, 2.75) is 46.8 Å². The molecule has 13 heteroatoms. The Morgan fingerprint density at radius 1 is 1.02 bits per heavy atom. The van der Waals surface area contributed by atoms with Gasteiger partial charge in [-0.25, -0.2) is 9.97 Å². The molecule has 3 aliphatic rings. The zero-order valence-electron chi connectivity index (χ0n) is 28.1. The van der Waals surface area contributed by atoms with Crippen molar-refractivity contribution in [2.24, 2.45) is 12.5 Å². The number of carbonyl (C=O) groups excluding carboxylic acids is 3. The van der Waals surface area contributed by atoms with Crippen molar-refractivity contribution in [1.82, 2.24) is 24.0 Å². The van der Waals surface area contributed by atoms with Crippen LogP contribution in [0.25, 0.3) is 11.1 Å². The molecular formula is C36H39N7O6. The molecule has 1 saturated heterocycles. The summed E-state index contributed by atoms with van der Waals surface area (Å²) in [6.45, 7) is 8.80. The lowest BCUT2D eigenvalue weighted by molar-refractivity contribution is -0.142. The molecule has 2 aliphatic heterocycles. The molecule has 0 unspecified atom stereocenters. The van der Waals surface area contributed by atoms with Crippen molar-refractivity contribution < 1.29 is 23.9 Å². The number of esters is 1. The van der Waals surface area contributed by atoms with E-state index in [4.69, 9.17) is 9.47 Å². The summed E-state index contributed by atoms with van der Waals surface area (Å²) in [5, 5.41) is 3.10. The third kappa shape index (κ3) is 6.21. The average Bonchev–Trinajstić information content (AvgIpc) is 3.58. The molecule has 1 fully saturated rings. The number of amides is 2. The topological polar surface area (TPSA) is 141 Å². The van der Waals surface area contributed by atoms with E-state index in [-0.39, 0.29) is 35.1 Å². The second kappa shape index (κ2) is 12.6. The third-order valence-electron chi connectivity index (χ3n) is 9.40. The van der Waals surface area contributed by atoms with E-state index in [1.165, 1.54) is 28.9 Å². The highest BCUT2D eigenvalue weighted by molar-refractivity contribution is 6.06. The maximum absolute atomic E-state index is 14.0. The Kier molecular flexibility index (Phi) is 8.31. The fourth-order valence-corrected chi connectivity index (χ4v) is 7.04. The van der Waals surface area contributed by atoms with Crippen LogP contribution in [0.5, 0.6) is 0 Å². The monoisotopic (exact) mass is 665 g/mol. The minimum Gasteiger partial charge on any atom is -0.461 e. The van der Waals surface area contributed by atoms with Gasteiger partial charge in [0, 0.05) is 75.6 Å². The summed E-state index contributed by atoms with van der Waals surface area (Å²) >= 11 is 0. The van der Waals surface area contributed by atoms with E-state index in [1.54, 1.807) is 53.5 Å². The number of carbonyl (C=O) groups is 3. The molecule has 2 amide bonds. The Bertz CT molecular complexity index is 2020. The number of hydrogen-bond acceptors (Lipinski definition) is 9. The number of ether oxygens (including phenoxy) is 2. The van der Waals surface area contributed by atoms with Crippen LogP contribution in [0.15, 0.2) is 53.7 Å². The second-order valence-corrected chi connectivity index (χ2v) is 13.6. The van der Waals surface area contributed by atoms with Crippen LogP contribution in [0, 0.1) is 5.41 Å². The predicted molar refractivity (Wildman–Crippen MR) is 182 cm³/mol. The van der Waals surface area contributed by atoms with Crippen molar-refractivity contribution in [3.8, 4) is 11.1 Å². The lowest BCUT2D eigenvalue weighted by Crippen LogP contribution is -2.41. The van der Waals surface area contributed by atoms with E-state index in [9.17, 15) is 19.2 Å². The molecule has 0 spiro atoms. The zero-order chi connectivity index (χ0) is 34.4. The van der Waals surface area contributed by atoms with Gasteiger partial charge in [-0.05, 0) is 59.7 Å². The normalized spacial score (nSPS) is 16.7. The van der Waals surface area contributed by atoms with Crippen LogP contribution in [0.1, 0.15) is 58.4 Å². The predicted octanol–water partition coefficient (Wildman–Crippen LogP) is 3.71. The maximum atomic E-state index is 14.0. The van der Waals surface area contributed by atoms with Gasteiger partial charge in [-0.3, -0.25) is 24.1 Å². The van der Waals surface area contributed by atoms with Crippen molar-refractivity contribution in [1.29, 1.82) is 0 Å². The molecule has 1 N–H and O–H groups in total. The van der Waals surface area contributed by atoms with Crippen molar-refractivity contribution in [2.75, 3.05) is 43.1 Å². The Hall–Kier alpha value is -5.30. The second-order valence-electron chi connectivity index (χ2n) is 13.6. The summed E-state index contributed by atoms with van der Waals surface area (Å²) < 4.78 is 14.4. The van der Waals surface area contributed by atoms with E-state index in [0.717, 1.165) is 12.8 Å². The Morgan fingerprint density at radius 3 is 2.55 bits per heavy atom. The first-order valence-electron chi connectivity index (χ1n) is 16.4. The number of nitrogens with zero attached hydrogens (tertiary/aromatic N) is 6. The van der Waals surface area contributed by atoms with Gasteiger partial charge >= 0.3 is 5.97 Å². The van der Waals surface area contributed by atoms with Gasteiger partial charge < -0.3 is 28.8 Å². The molecule has 0 radical (unpaired) electrons. The molecule has 0 atom stereocenters. The first-order chi connectivity index (χ1) is 23.5. The fourth-order valence-electron chi connectivity index (χ4n) is 7.04. The van der Waals surface area contributed by atoms with Crippen LogP contribution in [0.2, 0.25) is 0 Å². The molecule has 6 heterocycles. The van der Waals surface area contributed by atoms with Crippen LogP contribution in [-0.4, -0.2) is 74.6 Å². The van der Waals surface area contributed by atoms with Crippen LogP contribution in [0.4, 0.5) is 17.3 Å². The largest absolute Gasteiger partial charge is 0.461 e. The Labute approximate surface area is 283 Å². The summed E-state index contributed by atoms with van der Waals surface area (Å²) in [7, 11) is 1.64. The lowest BCUT2D eigenvalue weighted by atomic mass is 9.90. The number of aromatic nitrogens is 4. The standard InChI is InChI=1S/C36H39N7O6/c1-22(44)49-21-27-26(7-8-37-32(27)43-10-9-42-29(35(43)47)16-24-17-36(2,3)18-30(24)42)25-15-28(34(46)40(4)20-25)39-31-6-5-23(19-38-31)33(45)41-11-13-48-14-12-41/h5-8,15-16,19-20H,9-14,17-18,21H2,1-4H3,(H,38,39).